The molecular weight excluding hydrogens is 286 g/mol. The molecule has 0 saturated carbocycles. The third-order valence-electron chi connectivity index (χ3n) is 4.64. The first-order valence-electron chi connectivity index (χ1n) is 7.89. The minimum Gasteiger partial charge on any atom is -0.508 e. The van der Waals surface area contributed by atoms with Crippen molar-refractivity contribution in [1.82, 2.24) is 5.32 Å². The van der Waals surface area contributed by atoms with E-state index in [0.717, 1.165) is 35.1 Å². The third kappa shape index (κ3) is 2.34. The lowest BCUT2D eigenvalue weighted by molar-refractivity contribution is 0.415. The van der Waals surface area contributed by atoms with Crippen LogP contribution in [0.5, 0.6) is 11.5 Å². The van der Waals surface area contributed by atoms with Gasteiger partial charge in [0.2, 0.25) is 0 Å². The summed E-state index contributed by atoms with van der Waals surface area (Å²) >= 11 is 0. The first kappa shape index (κ1) is 14.1. The zero-order valence-electron chi connectivity index (χ0n) is 13.0. The largest absolute Gasteiger partial charge is 0.508 e. The Kier molecular flexibility index (Phi) is 3.43. The Morgan fingerprint density at radius 3 is 2.83 bits per heavy atom. The number of benzene rings is 3. The van der Waals surface area contributed by atoms with Crippen molar-refractivity contribution in [3.05, 3.63) is 71.3 Å². The van der Waals surface area contributed by atoms with Crippen LogP contribution in [0.2, 0.25) is 0 Å². The first-order valence-corrected chi connectivity index (χ1v) is 7.89. The summed E-state index contributed by atoms with van der Waals surface area (Å²) in [5, 5.41) is 16.2. The van der Waals surface area contributed by atoms with Crippen LogP contribution in [0.1, 0.15) is 22.7 Å². The molecule has 3 aromatic rings. The van der Waals surface area contributed by atoms with Crippen molar-refractivity contribution >= 4 is 10.8 Å². The fourth-order valence-electron chi connectivity index (χ4n) is 3.51. The van der Waals surface area contributed by atoms with Gasteiger partial charge in [0.1, 0.15) is 11.5 Å². The zero-order valence-corrected chi connectivity index (χ0v) is 13.0. The highest BCUT2D eigenvalue weighted by molar-refractivity contribution is 5.89. The summed E-state index contributed by atoms with van der Waals surface area (Å²) in [6.45, 7) is 0.910. The van der Waals surface area contributed by atoms with Crippen molar-refractivity contribution < 1.29 is 9.84 Å². The molecule has 1 aliphatic rings. The normalized spacial score (nSPS) is 17.0. The van der Waals surface area contributed by atoms with E-state index >= 15 is 0 Å². The number of ether oxygens (including phenoxy) is 1. The van der Waals surface area contributed by atoms with Gasteiger partial charge in [-0.15, -0.1) is 0 Å². The van der Waals surface area contributed by atoms with Gasteiger partial charge in [-0.05, 0) is 46.5 Å². The maximum Gasteiger partial charge on any atom is 0.121 e. The molecule has 0 saturated heterocycles. The highest BCUT2D eigenvalue weighted by atomic mass is 16.5. The highest BCUT2D eigenvalue weighted by Gasteiger charge is 2.25. The Morgan fingerprint density at radius 2 is 1.96 bits per heavy atom. The van der Waals surface area contributed by atoms with Crippen molar-refractivity contribution in [2.75, 3.05) is 13.7 Å². The van der Waals surface area contributed by atoms with Gasteiger partial charge in [-0.2, -0.15) is 0 Å². The Labute approximate surface area is 135 Å². The highest BCUT2D eigenvalue weighted by Crippen LogP contribution is 2.39. The average Bonchev–Trinajstić information content (AvgIpc) is 2.61. The van der Waals surface area contributed by atoms with E-state index in [0.29, 0.717) is 5.75 Å². The van der Waals surface area contributed by atoms with E-state index in [-0.39, 0.29) is 6.04 Å². The van der Waals surface area contributed by atoms with Crippen molar-refractivity contribution in [1.29, 1.82) is 0 Å². The smallest absolute Gasteiger partial charge is 0.121 e. The number of fused-ring (bicyclic) bond motifs is 2. The molecule has 0 bridgehead atoms. The number of phenolic OH excluding ortho intramolecular Hbond substituents is 1. The molecule has 1 atom stereocenters. The summed E-state index contributed by atoms with van der Waals surface area (Å²) in [4.78, 5) is 0. The maximum atomic E-state index is 10.5. The maximum absolute atomic E-state index is 10.5. The van der Waals surface area contributed by atoms with Crippen LogP contribution in [-0.4, -0.2) is 18.8 Å². The van der Waals surface area contributed by atoms with Crippen LogP contribution >= 0.6 is 0 Å². The van der Waals surface area contributed by atoms with Crippen molar-refractivity contribution in [3.63, 3.8) is 0 Å². The first-order chi connectivity index (χ1) is 11.3. The number of hydrogen-bond acceptors (Lipinski definition) is 3. The monoisotopic (exact) mass is 305 g/mol. The lowest BCUT2D eigenvalue weighted by Crippen LogP contribution is -2.30. The molecule has 23 heavy (non-hydrogen) atoms. The van der Waals surface area contributed by atoms with Gasteiger partial charge in [0.25, 0.3) is 0 Å². The van der Waals surface area contributed by atoms with Crippen molar-refractivity contribution in [2.45, 2.75) is 12.5 Å². The molecule has 0 amide bonds. The summed E-state index contributed by atoms with van der Waals surface area (Å²) in [5.74, 6) is 1.16. The lowest BCUT2D eigenvalue weighted by atomic mass is 9.87. The van der Waals surface area contributed by atoms with E-state index in [2.05, 4.69) is 29.6 Å². The Bertz CT molecular complexity index is 873. The zero-order chi connectivity index (χ0) is 15.8. The summed E-state index contributed by atoms with van der Waals surface area (Å²) in [7, 11) is 1.67. The van der Waals surface area contributed by atoms with E-state index in [1.54, 1.807) is 13.2 Å². The van der Waals surface area contributed by atoms with E-state index in [4.69, 9.17) is 4.74 Å². The minimum absolute atomic E-state index is 0.0112. The van der Waals surface area contributed by atoms with Crippen LogP contribution in [-0.2, 0) is 6.42 Å². The topological polar surface area (TPSA) is 41.5 Å². The molecule has 4 rings (SSSR count). The molecular formula is C20H19NO2. The standard InChI is InChI=1S/C20H19NO2/c1-23-15-7-8-16-14(12-15)6-9-18(22)19(16)20-17-5-3-2-4-13(17)10-11-21-20/h2-9,12,20-22H,10-11H2,1H3. The lowest BCUT2D eigenvalue weighted by Gasteiger charge is -2.28. The van der Waals surface area contributed by atoms with Crippen LogP contribution < -0.4 is 10.1 Å². The van der Waals surface area contributed by atoms with E-state index in [9.17, 15) is 5.11 Å². The molecule has 0 fully saturated rings. The number of phenols is 1. The van der Waals surface area contributed by atoms with Gasteiger partial charge >= 0.3 is 0 Å². The molecule has 2 N–H and O–H groups in total. The van der Waals surface area contributed by atoms with Crippen molar-refractivity contribution in [2.24, 2.45) is 0 Å². The van der Waals surface area contributed by atoms with Crippen molar-refractivity contribution in [3.8, 4) is 11.5 Å². The molecule has 0 aliphatic carbocycles. The molecule has 1 aliphatic heterocycles. The van der Waals surface area contributed by atoms with Gasteiger partial charge in [-0.25, -0.2) is 0 Å². The van der Waals surface area contributed by atoms with Gasteiger partial charge in [0.05, 0.1) is 13.2 Å². The van der Waals surface area contributed by atoms with E-state index in [1.807, 2.05) is 24.3 Å². The van der Waals surface area contributed by atoms with Crippen LogP contribution in [0.15, 0.2) is 54.6 Å². The molecule has 3 nitrogen and oxygen atoms in total. The summed E-state index contributed by atoms with van der Waals surface area (Å²) in [6.07, 6.45) is 1.02. The number of aromatic hydroxyl groups is 1. The molecule has 3 heteroatoms. The van der Waals surface area contributed by atoms with E-state index in [1.165, 1.54) is 11.1 Å². The summed E-state index contributed by atoms with van der Waals surface area (Å²) < 4.78 is 5.32. The third-order valence-corrected chi connectivity index (χ3v) is 4.64. The van der Waals surface area contributed by atoms with E-state index < -0.39 is 0 Å². The van der Waals surface area contributed by atoms with Gasteiger partial charge in [0, 0.05) is 12.1 Å². The fourth-order valence-corrected chi connectivity index (χ4v) is 3.51. The molecule has 3 aromatic carbocycles. The fraction of sp³-hybridized carbons (Fsp3) is 0.200. The molecule has 0 radical (unpaired) electrons. The van der Waals surface area contributed by atoms with Gasteiger partial charge in [-0.3, -0.25) is 0 Å². The second-order valence-electron chi connectivity index (χ2n) is 5.92. The molecule has 1 heterocycles. The number of nitrogens with one attached hydrogen (secondary N) is 1. The van der Waals surface area contributed by atoms with Gasteiger partial charge in [-0.1, -0.05) is 36.4 Å². The summed E-state index contributed by atoms with van der Waals surface area (Å²) in [6, 6.07) is 18.2. The Hall–Kier alpha value is -2.52. The van der Waals surface area contributed by atoms with Crippen LogP contribution in [0.3, 0.4) is 0 Å². The number of rotatable bonds is 2. The second-order valence-corrected chi connectivity index (χ2v) is 5.92. The van der Waals surface area contributed by atoms with Crippen LogP contribution in [0.4, 0.5) is 0 Å². The minimum atomic E-state index is 0.0112. The second kappa shape index (κ2) is 5.60. The Morgan fingerprint density at radius 1 is 1.09 bits per heavy atom. The number of hydrogen-bond donors (Lipinski definition) is 2. The number of methoxy groups -OCH3 is 1. The van der Waals surface area contributed by atoms with Gasteiger partial charge < -0.3 is 15.2 Å². The average molecular weight is 305 g/mol. The molecule has 0 aromatic heterocycles. The van der Waals surface area contributed by atoms with Crippen LogP contribution in [0.25, 0.3) is 10.8 Å². The van der Waals surface area contributed by atoms with Gasteiger partial charge in [0.15, 0.2) is 0 Å². The predicted molar refractivity (Wildman–Crippen MR) is 92.2 cm³/mol. The van der Waals surface area contributed by atoms with Crippen LogP contribution in [0, 0.1) is 0 Å². The summed E-state index contributed by atoms with van der Waals surface area (Å²) in [5.41, 5.74) is 3.54. The quantitative estimate of drug-likeness (QED) is 0.757. The predicted octanol–water partition coefficient (Wildman–Crippen LogP) is 3.79. The SMILES string of the molecule is COc1ccc2c(C3NCCc4ccccc43)c(O)ccc2c1. The molecule has 0 spiro atoms. The molecule has 116 valence electrons. The Balaban J connectivity index is 1.94. The molecule has 1 unspecified atom stereocenters.